The van der Waals surface area contributed by atoms with E-state index in [4.69, 9.17) is 0 Å². The SMILES string of the molecule is CCC1CCC(c2ccc(-c3ccc(F)cc3)c(F)c2F)CC1. The van der Waals surface area contributed by atoms with E-state index >= 15 is 0 Å². The van der Waals surface area contributed by atoms with E-state index in [2.05, 4.69) is 6.92 Å². The Hall–Kier alpha value is -1.77. The molecule has 0 aromatic heterocycles. The van der Waals surface area contributed by atoms with Gasteiger partial charge in [0.05, 0.1) is 0 Å². The zero-order chi connectivity index (χ0) is 16.4. The van der Waals surface area contributed by atoms with Gasteiger partial charge in [-0.1, -0.05) is 37.6 Å². The molecule has 1 saturated carbocycles. The van der Waals surface area contributed by atoms with Gasteiger partial charge in [-0.15, -0.1) is 0 Å². The van der Waals surface area contributed by atoms with Gasteiger partial charge in [0.2, 0.25) is 0 Å². The molecule has 0 heterocycles. The predicted octanol–water partition coefficient (Wildman–Crippen LogP) is 6.45. The Bertz CT molecular complexity index is 668. The largest absolute Gasteiger partial charge is 0.207 e. The summed E-state index contributed by atoms with van der Waals surface area (Å²) in [5.74, 6) is -1.13. The van der Waals surface area contributed by atoms with Crippen LogP contribution in [0.2, 0.25) is 0 Å². The average molecular weight is 318 g/mol. The third kappa shape index (κ3) is 3.29. The van der Waals surface area contributed by atoms with Crippen molar-refractivity contribution in [2.75, 3.05) is 0 Å². The summed E-state index contributed by atoms with van der Waals surface area (Å²) in [6.45, 7) is 2.18. The molecular formula is C20H21F3. The Morgan fingerprint density at radius 2 is 1.48 bits per heavy atom. The van der Waals surface area contributed by atoms with E-state index < -0.39 is 11.6 Å². The van der Waals surface area contributed by atoms with Crippen molar-refractivity contribution in [2.45, 2.75) is 44.9 Å². The van der Waals surface area contributed by atoms with Gasteiger partial charge in [-0.25, -0.2) is 13.2 Å². The first-order valence-electron chi connectivity index (χ1n) is 8.34. The molecular weight excluding hydrogens is 297 g/mol. The van der Waals surface area contributed by atoms with Crippen molar-refractivity contribution in [3.05, 3.63) is 59.4 Å². The molecule has 0 unspecified atom stereocenters. The molecule has 0 bridgehead atoms. The van der Waals surface area contributed by atoms with E-state index in [-0.39, 0.29) is 17.3 Å². The Labute approximate surface area is 135 Å². The minimum Gasteiger partial charge on any atom is -0.207 e. The molecule has 1 fully saturated rings. The summed E-state index contributed by atoms with van der Waals surface area (Å²) < 4.78 is 42.0. The molecule has 0 atom stereocenters. The van der Waals surface area contributed by atoms with Gasteiger partial charge in [-0.2, -0.15) is 0 Å². The minimum absolute atomic E-state index is 0.106. The van der Waals surface area contributed by atoms with Gasteiger partial charge in [0, 0.05) is 5.56 Å². The monoisotopic (exact) mass is 318 g/mol. The minimum atomic E-state index is -0.827. The van der Waals surface area contributed by atoms with Crippen LogP contribution in [0.3, 0.4) is 0 Å². The molecule has 23 heavy (non-hydrogen) atoms. The molecule has 0 spiro atoms. The molecule has 3 heteroatoms. The van der Waals surface area contributed by atoms with Crippen molar-refractivity contribution in [1.29, 1.82) is 0 Å². The molecule has 2 aromatic carbocycles. The third-order valence-electron chi connectivity index (χ3n) is 5.13. The van der Waals surface area contributed by atoms with Gasteiger partial charge in [0.25, 0.3) is 0 Å². The van der Waals surface area contributed by atoms with Crippen molar-refractivity contribution < 1.29 is 13.2 Å². The molecule has 0 amide bonds. The van der Waals surface area contributed by atoms with Crippen LogP contribution >= 0.6 is 0 Å². The van der Waals surface area contributed by atoms with Gasteiger partial charge < -0.3 is 0 Å². The Balaban J connectivity index is 1.87. The van der Waals surface area contributed by atoms with Crippen molar-refractivity contribution >= 4 is 0 Å². The van der Waals surface area contributed by atoms with Crippen LogP contribution in [0.5, 0.6) is 0 Å². The smallest absolute Gasteiger partial charge is 0.166 e. The lowest BCUT2D eigenvalue weighted by Crippen LogP contribution is -2.14. The summed E-state index contributed by atoms with van der Waals surface area (Å²) in [5, 5.41) is 0. The van der Waals surface area contributed by atoms with Crippen LogP contribution in [-0.4, -0.2) is 0 Å². The number of benzene rings is 2. The second-order valence-corrected chi connectivity index (χ2v) is 6.46. The van der Waals surface area contributed by atoms with Gasteiger partial charge >= 0.3 is 0 Å². The molecule has 2 aromatic rings. The fraction of sp³-hybridized carbons (Fsp3) is 0.400. The Morgan fingerprint density at radius 1 is 0.826 bits per heavy atom. The number of rotatable bonds is 3. The van der Waals surface area contributed by atoms with Crippen LogP contribution in [0, 0.1) is 23.4 Å². The lowest BCUT2D eigenvalue weighted by Gasteiger charge is -2.28. The first kappa shape index (κ1) is 16.1. The predicted molar refractivity (Wildman–Crippen MR) is 86.7 cm³/mol. The van der Waals surface area contributed by atoms with Crippen molar-refractivity contribution in [3.63, 3.8) is 0 Å². The molecule has 0 aliphatic heterocycles. The number of hydrogen-bond acceptors (Lipinski definition) is 0. The Kier molecular flexibility index (Phi) is 4.74. The van der Waals surface area contributed by atoms with Crippen molar-refractivity contribution in [1.82, 2.24) is 0 Å². The summed E-state index contributed by atoms with van der Waals surface area (Å²) in [4.78, 5) is 0. The lowest BCUT2D eigenvalue weighted by molar-refractivity contribution is 0.312. The number of hydrogen-bond donors (Lipinski definition) is 0. The first-order chi connectivity index (χ1) is 11.1. The van der Waals surface area contributed by atoms with Gasteiger partial charge in [-0.05, 0) is 60.8 Å². The van der Waals surface area contributed by atoms with E-state index in [0.717, 1.165) is 38.0 Å². The standard InChI is InChI=1S/C20H21F3/c1-2-13-3-5-14(6-4-13)17-11-12-18(20(23)19(17)22)15-7-9-16(21)10-8-15/h7-14H,2-6H2,1H3. The Morgan fingerprint density at radius 3 is 2.09 bits per heavy atom. The normalized spacial score (nSPS) is 21.4. The van der Waals surface area contributed by atoms with Crippen LogP contribution in [0.4, 0.5) is 13.2 Å². The third-order valence-corrected chi connectivity index (χ3v) is 5.13. The van der Waals surface area contributed by atoms with Crippen LogP contribution in [0.15, 0.2) is 36.4 Å². The van der Waals surface area contributed by atoms with Crippen LogP contribution in [0.25, 0.3) is 11.1 Å². The topological polar surface area (TPSA) is 0 Å². The molecule has 0 nitrogen and oxygen atoms in total. The summed E-state index contributed by atoms with van der Waals surface area (Å²) in [6, 6.07) is 8.78. The zero-order valence-electron chi connectivity index (χ0n) is 13.3. The first-order valence-corrected chi connectivity index (χ1v) is 8.34. The highest BCUT2D eigenvalue weighted by atomic mass is 19.2. The fourth-order valence-corrected chi connectivity index (χ4v) is 3.61. The average Bonchev–Trinajstić information content (AvgIpc) is 2.58. The quantitative estimate of drug-likeness (QED) is 0.609. The van der Waals surface area contributed by atoms with E-state index in [1.807, 2.05) is 0 Å². The highest BCUT2D eigenvalue weighted by molar-refractivity contribution is 5.64. The molecule has 1 aliphatic rings. The zero-order valence-corrected chi connectivity index (χ0v) is 13.3. The molecule has 3 rings (SSSR count). The molecule has 1 aliphatic carbocycles. The summed E-state index contributed by atoms with van der Waals surface area (Å²) in [7, 11) is 0. The number of halogens is 3. The fourth-order valence-electron chi connectivity index (χ4n) is 3.61. The van der Waals surface area contributed by atoms with E-state index in [9.17, 15) is 13.2 Å². The highest BCUT2D eigenvalue weighted by Gasteiger charge is 2.25. The van der Waals surface area contributed by atoms with Crippen molar-refractivity contribution in [2.24, 2.45) is 5.92 Å². The van der Waals surface area contributed by atoms with E-state index in [1.165, 1.54) is 24.3 Å². The molecule has 0 radical (unpaired) electrons. The highest BCUT2D eigenvalue weighted by Crippen LogP contribution is 2.39. The summed E-state index contributed by atoms with van der Waals surface area (Å²) in [5.41, 5.74) is 1.17. The van der Waals surface area contributed by atoms with Crippen LogP contribution in [0.1, 0.15) is 50.5 Å². The second-order valence-electron chi connectivity index (χ2n) is 6.46. The lowest BCUT2D eigenvalue weighted by atomic mass is 9.77. The molecule has 122 valence electrons. The van der Waals surface area contributed by atoms with Gasteiger partial charge in [-0.3, -0.25) is 0 Å². The van der Waals surface area contributed by atoms with Crippen molar-refractivity contribution in [3.8, 4) is 11.1 Å². The summed E-state index contributed by atoms with van der Waals surface area (Å²) in [6.07, 6.45) is 5.17. The maximum Gasteiger partial charge on any atom is 0.166 e. The maximum absolute atomic E-state index is 14.5. The van der Waals surface area contributed by atoms with Crippen LogP contribution < -0.4 is 0 Å². The second kappa shape index (κ2) is 6.77. The molecule has 0 N–H and O–H groups in total. The van der Waals surface area contributed by atoms with E-state index in [1.54, 1.807) is 12.1 Å². The van der Waals surface area contributed by atoms with Crippen LogP contribution in [-0.2, 0) is 0 Å². The van der Waals surface area contributed by atoms with Gasteiger partial charge in [0.15, 0.2) is 11.6 Å². The maximum atomic E-state index is 14.5. The molecule has 0 saturated heterocycles. The van der Waals surface area contributed by atoms with Gasteiger partial charge in [0.1, 0.15) is 5.82 Å². The van der Waals surface area contributed by atoms with E-state index in [0.29, 0.717) is 11.1 Å². The summed E-state index contributed by atoms with van der Waals surface area (Å²) >= 11 is 0.